The van der Waals surface area contributed by atoms with Gasteiger partial charge in [0.2, 0.25) is 0 Å². The molecular formula is C19H23N3O2. The molecule has 1 saturated heterocycles. The molecule has 0 radical (unpaired) electrons. The molecule has 5 nitrogen and oxygen atoms in total. The van der Waals surface area contributed by atoms with Crippen molar-refractivity contribution >= 4 is 11.7 Å². The predicted molar refractivity (Wildman–Crippen MR) is 94.7 cm³/mol. The van der Waals surface area contributed by atoms with E-state index in [9.17, 15) is 9.90 Å². The second-order valence-corrected chi connectivity index (χ2v) is 6.72. The van der Waals surface area contributed by atoms with Crippen molar-refractivity contribution in [2.45, 2.75) is 38.3 Å². The summed E-state index contributed by atoms with van der Waals surface area (Å²) >= 11 is 0. The number of hydrogen-bond donors (Lipinski definition) is 2. The van der Waals surface area contributed by atoms with Gasteiger partial charge in [-0.25, -0.2) is 4.79 Å². The van der Waals surface area contributed by atoms with Crippen LogP contribution in [0.25, 0.3) is 11.1 Å². The third-order valence-electron chi connectivity index (χ3n) is 4.49. The number of pyridine rings is 1. The fraction of sp³-hybridized carbons (Fsp3) is 0.368. The van der Waals surface area contributed by atoms with Gasteiger partial charge in [0.05, 0.1) is 17.3 Å². The Kier molecular flexibility index (Phi) is 4.53. The highest BCUT2D eigenvalue weighted by Crippen LogP contribution is 2.30. The van der Waals surface area contributed by atoms with Crippen LogP contribution in [0.1, 0.15) is 26.7 Å². The Labute approximate surface area is 142 Å². The first-order valence-electron chi connectivity index (χ1n) is 8.26. The van der Waals surface area contributed by atoms with E-state index in [-0.39, 0.29) is 12.1 Å². The van der Waals surface area contributed by atoms with Gasteiger partial charge < -0.3 is 15.3 Å². The first-order valence-corrected chi connectivity index (χ1v) is 8.26. The number of para-hydroxylation sites is 1. The molecule has 1 aromatic carbocycles. The van der Waals surface area contributed by atoms with Crippen molar-refractivity contribution in [2.75, 3.05) is 11.9 Å². The average molecular weight is 325 g/mol. The first kappa shape index (κ1) is 16.5. The Bertz CT molecular complexity index is 710. The number of carbonyl (C=O) groups excluding carboxylic acids is 1. The molecule has 2 amide bonds. The lowest BCUT2D eigenvalue weighted by molar-refractivity contribution is 0.0117. The van der Waals surface area contributed by atoms with Gasteiger partial charge in [-0.1, -0.05) is 18.2 Å². The van der Waals surface area contributed by atoms with Gasteiger partial charge >= 0.3 is 6.03 Å². The molecule has 1 aromatic heterocycles. The number of nitrogens with zero attached hydrogens (tertiary/aromatic N) is 2. The molecule has 126 valence electrons. The minimum atomic E-state index is -0.904. The fourth-order valence-electron chi connectivity index (χ4n) is 3.31. The van der Waals surface area contributed by atoms with Crippen LogP contribution in [0.3, 0.4) is 0 Å². The van der Waals surface area contributed by atoms with E-state index < -0.39 is 5.60 Å². The number of hydrogen-bond acceptors (Lipinski definition) is 3. The molecule has 1 aliphatic rings. The van der Waals surface area contributed by atoms with Gasteiger partial charge in [0.25, 0.3) is 0 Å². The standard InChI is InChI=1S/C19H23N3O2/c1-19(2,24)17-8-5-13-22(17)18(23)21-16-7-4-3-6-15(16)14-9-11-20-12-10-14/h3-4,6-7,9-12,17,24H,5,8,13H2,1-2H3,(H,21,23)/t17-/m0/s1. The van der Waals surface area contributed by atoms with Crippen molar-refractivity contribution in [3.05, 3.63) is 48.8 Å². The quantitative estimate of drug-likeness (QED) is 0.907. The van der Waals surface area contributed by atoms with Crippen LogP contribution < -0.4 is 5.32 Å². The normalized spacial score (nSPS) is 17.8. The largest absolute Gasteiger partial charge is 0.388 e. The first-order chi connectivity index (χ1) is 11.5. The summed E-state index contributed by atoms with van der Waals surface area (Å²) in [5.41, 5.74) is 1.81. The van der Waals surface area contributed by atoms with Crippen LogP contribution >= 0.6 is 0 Å². The van der Waals surface area contributed by atoms with Gasteiger partial charge in [-0.05, 0) is 50.5 Å². The molecule has 0 saturated carbocycles. The van der Waals surface area contributed by atoms with Crippen LogP contribution in [0.5, 0.6) is 0 Å². The molecule has 3 rings (SSSR count). The van der Waals surface area contributed by atoms with E-state index in [1.807, 2.05) is 36.4 Å². The Morgan fingerprint density at radius 2 is 1.96 bits per heavy atom. The van der Waals surface area contributed by atoms with E-state index in [0.717, 1.165) is 29.7 Å². The van der Waals surface area contributed by atoms with Gasteiger partial charge in [-0.3, -0.25) is 4.98 Å². The Morgan fingerprint density at radius 1 is 1.25 bits per heavy atom. The number of anilines is 1. The summed E-state index contributed by atoms with van der Waals surface area (Å²) < 4.78 is 0. The minimum Gasteiger partial charge on any atom is -0.388 e. The van der Waals surface area contributed by atoms with Crippen molar-refractivity contribution in [1.82, 2.24) is 9.88 Å². The molecule has 0 bridgehead atoms. The topological polar surface area (TPSA) is 65.5 Å². The molecule has 1 aliphatic heterocycles. The Hall–Kier alpha value is -2.40. The maximum atomic E-state index is 12.7. The second-order valence-electron chi connectivity index (χ2n) is 6.72. The lowest BCUT2D eigenvalue weighted by Gasteiger charge is -2.33. The number of likely N-dealkylation sites (tertiary alicyclic amines) is 1. The third kappa shape index (κ3) is 3.41. The molecule has 2 aromatic rings. The number of carbonyl (C=O) groups is 1. The van der Waals surface area contributed by atoms with Crippen molar-refractivity contribution in [1.29, 1.82) is 0 Å². The Balaban J connectivity index is 1.83. The summed E-state index contributed by atoms with van der Waals surface area (Å²) in [4.78, 5) is 18.5. The summed E-state index contributed by atoms with van der Waals surface area (Å²) in [6.07, 6.45) is 5.20. The summed E-state index contributed by atoms with van der Waals surface area (Å²) in [5.74, 6) is 0. The number of nitrogens with one attached hydrogen (secondary N) is 1. The summed E-state index contributed by atoms with van der Waals surface area (Å²) in [6, 6.07) is 11.2. The zero-order valence-corrected chi connectivity index (χ0v) is 14.1. The highest BCUT2D eigenvalue weighted by atomic mass is 16.3. The molecule has 0 spiro atoms. The summed E-state index contributed by atoms with van der Waals surface area (Å²) in [6.45, 7) is 4.18. The number of amides is 2. The molecule has 24 heavy (non-hydrogen) atoms. The number of benzene rings is 1. The molecule has 0 unspecified atom stereocenters. The number of aromatic nitrogens is 1. The van der Waals surface area contributed by atoms with Gasteiger partial charge in [-0.2, -0.15) is 0 Å². The van der Waals surface area contributed by atoms with Gasteiger partial charge in [0.1, 0.15) is 0 Å². The van der Waals surface area contributed by atoms with Crippen molar-refractivity contribution in [2.24, 2.45) is 0 Å². The Morgan fingerprint density at radius 3 is 2.67 bits per heavy atom. The van der Waals surface area contributed by atoms with E-state index in [4.69, 9.17) is 0 Å². The highest BCUT2D eigenvalue weighted by Gasteiger charge is 2.38. The van der Waals surface area contributed by atoms with E-state index in [1.165, 1.54) is 0 Å². The van der Waals surface area contributed by atoms with Gasteiger partial charge in [0.15, 0.2) is 0 Å². The highest BCUT2D eigenvalue weighted by molar-refractivity contribution is 5.94. The molecule has 2 N–H and O–H groups in total. The molecule has 0 aliphatic carbocycles. The van der Waals surface area contributed by atoms with Crippen molar-refractivity contribution in [3.63, 3.8) is 0 Å². The summed E-state index contributed by atoms with van der Waals surface area (Å²) in [5, 5.41) is 13.3. The second kappa shape index (κ2) is 6.61. The van der Waals surface area contributed by atoms with Gasteiger partial charge in [0, 0.05) is 24.5 Å². The fourth-order valence-corrected chi connectivity index (χ4v) is 3.31. The lowest BCUT2D eigenvalue weighted by Crippen LogP contribution is -2.49. The number of urea groups is 1. The molecule has 5 heteroatoms. The van der Waals surface area contributed by atoms with E-state index in [1.54, 1.807) is 31.1 Å². The van der Waals surface area contributed by atoms with E-state index in [0.29, 0.717) is 6.54 Å². The average Bonchev–Trinajstić information content (AvgIpc) is 3.06. The van der Waals surface area contributed by atoms with Gasteiger partial charge in [-0.15, -0.1) is 0 Å². The van der Waals surface area contributed by atoms with E-state index >= 15 is 0 Å². The zero-order chi connectivity index (χ0) is 17.2. The van der Waals surface area contributed by atoms with Crippen molar-refractivity contribution < 1.29 is 9.90 Å². The van der Waals surface area contributed by atoms with Crippen LogP contribution in [0.4, 0.5) is 10.5 Å². The molecule has 1 atom stereocenters. The third-order valence-corrected chi connectivity index (χ3v) is 4.49. The SMILES string of the molecule is CC(C)(O)[C@@H]1CCCN1C(=O)Nc1ccccc1-c1ccncc1. The van der Waals surface area contributed by atoms with Crippen LogP contribution in [-0.2, 0) is 0 Å². The molecule has 2 heterocycles. The van der Waals surface area contributed by atoms with Crippen LogP contribution in [0.2, 0.25) is 0 Å². The molecule has 1 fully saturated rings. The van der Waals surface area contributed by atoms with Crippen molar-refractivity contribution in [3.8, 4) is 11.1 Å². The van der Waals surface area contributed by atoms with Crippen LogP contribution in [0, 0.1) is 0 Å². The maximum absolute atomic E-state index is 12.7. The minimum absolute atomic E-state index is 0.161. The monoisotopic (exact) mass is 325 g/mol. The van der Waals surface area contributed by atoms with Crippen LogP contribution in [-0.4, -0.2) is 39.2 Å². The lowest BCUT2D eigenvalue weighted by atomic mass is 9.97. The van der Waals surface area contributed by atoms with Crippen LogP contribution in [0.15, 0.2) is 48.8 Å². The summed E-state index contributed by atoms with van der Waals surface area (Å²) in [7, 11) is 0. The van der Waals surface area contributed by atoms with E-state index in [2.05, 4.69) is 10.3 Å². The maximum Gasteiger partial charge on any atom is 0.322 e. The predicted octanol–water partition coefficient (Wildman–Crippen LogP) is 3.52. The smallest absolute Gasteiger partial charge is 0.322 e. The number of aliphatic hydroxyl groups is 1. The zero-order valence-electron chi connectivity index (χ0n) is 14.1. The molecular weight excluding hydrogens is 302 g/mol. The number of rotatable bonds is 3.